The van der Waals surface area contributed by atoms with Crippen molar-refractivity contribution in [3.8, 4) is 5.88 Å². The van der Waals surface area contributed by atoms with Crippen LogP contribution in [0.4, 0.5) is 0 Å². The zero-order valence-electron chi connectivity index (χ0n) is 15.1. The molecule has 24 heavy (non-hydrogen) atoms. The van der Waals surface area contributed by atoms with Gasteiger partial charge in [-0.2, -0.15) is 0 Å². The van der Waals surface area contributed by atoms with Crippen molar-refractivity contribution in [2.75, 3.05) is 7.11 Å². The van der Waals surface area contributed by atoms with Crippen LogP contribution >= 0.6 is 0 Å². The molecule has 1 aromatic heterocycles. The number of pyridine rings is 1. The Morgan fingerprint density at radius 2 is 2.04 bits per heavy atom. The molecule has 0 atom stereocenters. The zero-order chi connectivity index (χ0) is 17.1. The van der Waals surface area contributed by atoms with Crippen molar-refractivity contribution in [3.63, 3.8) is 0 Å². The molecular formula is C19H29N3O2. The van der Waals surface area contributed by atoms with Gasteiger partial charge in [-0.25, -0.2) is 4.98 Å². The molecule has 0 aromatic carbocycles. The van der Waals surface area contributed by atoms with Gasteiger partial charge in [-0.1, -0.05) is 26.7 Å². The number of methoxy groups -OCH3 is 1. The average Bonchev–Trinajstić information content (AvgIpc) is 3.23. The van der Waals surface area contributed by atoms with E-state index in [0.29, 0.717) is 31.1 Å². The van der Waals surface area contributed by atoms with E-state index in [9.17, 15) is 4.79 Å². The molecule has 1 aliphatic heterocycles. The van der Waals surface area contributed by atoms with Gasteiger partial charge in [-0.3, -0.25) is 4.79 Å². The molecule has 0 radical (unpaired) electrons. The SMILES string of the molecule is CCC(CC)NCc1cc2c(nc1OC)CN(C1CCCC1)C2=O. The van der Waals surface area contributed by atoms with E-state index in [1.807, 2.05) is 11.0 Å². The number of hydrogen-bond donors (Lipinski definition) is 1. The Labute approximate surface area is 144 Å². The van der Waals surface area contributed by atoms with Crippen molar-refractivity contribution in [1.29, 1.82) is 0 Å². The minimum Gasteiger partial charge on any atom is -0.481 e. The third-order valence-corrected chi connectivity index (χ3v) is 5.48. The fourth-order valence-electron chi connectivity index (χ4n) is 3.91. The number of hydrogen-bond acceptors (Lipinski definition) is 4. The fourth-order valence-corrected chi connectivity index (χ4v) is 3.91. The second-order valence-electron chi connectivity index (χ2n) is 6.92. The van der Waals surface area contributed by atoms with E-state index >= 15 is 0 Å². The Morgan fingerprint density at radius 1 is 1.33 bits per heavy atom. The largest absolute Gasteiger partial charge is 0.481 e. The minimum atomic E-state index is 0.149. The highest BCUT2D eigenvalue weighted by Gasteiger charge is 2.35. The number of nitrogens with zero attached hydrogens (tertiary/aromatic N) is 2. The maximum absolute atomic E-state index is 12.8. The number of aromatic nitrogens is 1. The van der Waals surface area contributed by atoms with Crippen LogP contribution in [0.1, 0.15) is 74.0 Å². The minimum absolute atomic E-state index is 0.149. The number of fused-ring (bicyclic) bond motifs is 1. The molecule has 1 amide bonds. The van der Waals surface area contributed by atoms with Crippen LogP contribution in [0.15, 0.2) is 6.07 Å². The van der Waals surface area contributed by atoms with Gasteiger partial charge >= 0.3 is 0 Å². The van der Waals surface area contributed by atoms with E-state index in [4.69, 9.17) is 4.74 Å². The van der Waals surface area contributed by atoms with Crippen molar-refractivity contribution in [2.45, 2.75) is 77.5 Å². The molecule has 1 fully saturated rings. The average molecular weight is 331 g/mol. The summed E-state index contributed by atoms with van der Waals surface area (Å²) in [5.41, 5.74) is 2.61. The van der Waals surface area contributed by atoms with E-state index in [-0.39, 0.29) is 5.91 Å². The lowest BCUT2D eigenvalue weighted by Crippen LogP contribution is -2.33. The summed E-state index contributed by atoms with van der Waals surface area (Å²) in [7, 11) is 1.65. The van der Waals surface area contributed by atoms with Gasteiger partial charge in [0.05, 0.1) is 24.9 Å². The first-order chi connectivity index (χ1) is 11.7. The molecule has 0 spiro atoms. The molecule has 0 saturated heterocycles. The number of carbonyl (C=O) groups is 1. The number of ether oxygens (including phenoxy) is 1. The molecule has 3 rings (SSSR count). The van der Waals surface area contributed by atoms with Crippen molar-refractivity contribution in [2.24, 2.45) is 0 Å². The first-order valence-electron chi connectivity index (χ1n) is 9.29. The van der Waals surface area contributed by atoms with Gasteiger partial charge in [-0.05, 0) is 31.7 Å². The predicted molar refractivity (Wildman–Crippen MR) is 94.1 cm³/mol. The van der Waals surface area contributed by atoms with Crippen molar-refractivity contribution < 1.29 is 9.53 Å². The predicted octanol–water partition coefficient (Wildman–Crippen LogP) is 3.27. The molecule has 5 heteroatoms. The van der Waals surface area contributed by atoms with Crippen LogP contribution in [0.2, 0.25) is 0 Å². The van der Waals surface area contributed by atoms with Crippen molar-refractivity contribution in [1.82, 2.24) is 15.2 Å². The van der Waals surface area contributed by atoms with Gasteiger partial charge in [0.15, 0.2) is 0 Å². The molecule has 1 N–H and O–H groups in total. The Balaban J connectivity index is 1.80. The molecule has 1 saturated carbocycles. The summed E-state index contributed by atoms with van der Waals surface area (Å²) in [5.74, 6) is 0.795. The standard InChI is InChI=1S/C19H29N3O2/c1-4-14(5-2)20-11-13-10-16-17(21-18(13)24-3)12-22(19(16)23)15-8-6-7-9-15/h10,14-15,20H,4-9,11-12H2,1-3H3. The third-order valence-electron chi connectivity index (χ3n) is 5.48. The van der Waals surface area contributed by atoms with Gasteiger partial charge in [0, 0.05) is 24.2 Å². The second kappa shape index (κ2) is 7.51. The lowest BCUT2D eigenvalue weighted by atomic mass is 10.1. The number of amides is 1. The first-order valence-corrected chi connectivity index (χ1v) is 9.29. The Hall–Kier alpha value is -1.62. The molecule has 2 heterocycles. The van der Waals surface area contributed by atoms with Crippen LogP contribution in [0, 0.1) is 0 Å². The van der Waals surface area contributed by atoms with Gasteiger partial charge in [0.2, 0.25) is 5.88 Å². The summed E-state index contributed by atoms with van der Waals surface area (Å²) < 4.78 is 5.49. The van der Waals surface area contributed by atoms with Gasteiger partial charge < -0.3 is 15.0 Å². The summed E-state index contributed by atoms with van der Waals surface area (Å²) >= 11 is 0. The highest BCUT2D eigenvalue weighted by atomic mass is 16.5. The Bertz CT molecular complexity index is 593. The van der Waals surface area contributed by atoms with Crippen LogP contribution in [-0.2, 0) is 13.1 Å². The molecule has 1 aliphatic carbocycles. The topological polar surface area (TPSA) is 54.5 Å². The Morgan fingerprint density at radius 3 is 2.67 bits per heavy atom. The molecule has 132 valence electrons. The normalized spacial score (nSPS) is 17.8. The van der Waals surface area contributed by atoms with E-state index < -0.39 is 0 Å². The Kier molecular flexibility index (Phi) is 5.39. The van der Waals surface area contributed by atoms with Crippen LogP contribution in [-0.4, -0.2) is 35.0 Å². The number of nitrogens with one attached hydrogen (secondary N) is 1. The number of rotatable bonds is 7. The fraction of sp³-hybridized carbons (Fsp3) is 0.684. The summed E-state index contributed by atoms with van der Waals surface area (Å²) in [4.78, 5) is 19.5. The molecule has 0 bridgehead atoms. The summed E-state index contributed by atoms with van der Waals surface area (Å²) in [6.45, 7) is 5.69. The monoisotopic (exact) mass is 331 g/mol. The van der Waals surface area contributed by atoms with E-state index in [2.05, 4.69) is 24.1 Å². The molecular weight excluding hydrogens is 302 g/mol. The zero-order valence-corrected chi connectivity index (χ0v) is 15.1. The smallest absolute Gasteiger partial charge is 0.256 e. The van der Waals surface area contributed by atoms with Crippen LogP contribution in [0.3, 0.4) is 0 Å². The van der Waals surface area contributed by atoms with Gasteiger partial charge in [0.25, 0.3) is 5.91 Å². The summed E-state index contributed by atoms with van der Waals surface area (Å²) in [5, 5.41) is 3.54. The quantitative estimate of drug-likeness (QED) is 0.833. The van der Waals surface area contributed by atoms with Crippen molar-refractivity contribution in [3.05, 3.63) is 22.9 Å². The number of carbonyl (C=O) groups excluding carboxylic acids is 1. The van der Waals surface area contributed by atoms with Gasteiger partial charge in [-0.15, -0.1) is 0 Å². The highest BCUT2D eigenvalue weighted by molar-refractivity contribution is 5.98. The molecule has 5 nitrogen and oxygen atoms in total. The van der Waals surface area contributed by atoms with Crippen LogP contribution in [0.25, 0.3) is 0 Å². The first kappa shape index (κ1) is 17.2. The van der Waals surface area contributed by atoms with Crippen molar-refractivity contribution >= 4 is 5.91 Å². The van der Waals surface area contributed by atoms with E-state index in [1.165, 1.54) is 12.8 Å². The lowest BCUT2D eigenvalue weighted by molar-refractivity contribution is 0.0706. The van der Waals surface area contributed by atoms with Crippen LogP contribution in [0.5, 0.6) is 5.88 Å². The maximum Gasteiger partial charge on any atom is 0.256 e. The third kappa shape index (κ3) is 3.27. The second-order valence-corrected chi connectivity index (χ2v) is 6.92. The van der Waals surface area contributed by atoms with E-state index in [1.54, 1.807) is 7.11 Å². The van der Waals surface area contributed by atoms with E-state index in [0.717, 1.165) is 42.5 Å². The summed E-state index contributed by atoms with van der Waals surface area (Å²) in [6, 6.07) is 2.87. The maximum atomic E-state index is 12.8. The van der Waals surface area contributed by atoms with Gasteiger partial charge in [0.1, 0.15) is 0 Å². The highest BCUT2D eigenvalue weighted by Crippen LogP contribution is 2.33. The van der Waals surface area contributed by atoms with Crippen LogP contribution < -0.4 is 10.1 Å². The lowest BCUT2D eigenvalue weighted by Gasteiger charge is -2.22. The molecule has 1 aromatic rings. The summed E-state index contributed by atoms with van der Waals surface area (Å²) in [6.07, 6.45) is 6.88. The molecule has 2 aliphatic rings. The molecule has 0 unspecified atom stereocenters.